The number of benzene rings is 1. The topological polar surface area (TPSA) is 59.2 Å². The van der Waals surface area contributed by atoms with Crippen LogP contribution in [0.2, 0.25) is 0 Å². The van der Waals surface area contributed by atoms with E-state index in [2.05, 4.69) is 20.9 Å². The van der Waals surface area contributed by atoms with Crippen LogP contribution in [-0.4, -0.2) is 17.9 Å². The number of nitrogens with two attached hydrogens (primary N) is 1. The van der Waals surface area contributed by atoms with E-state index in [1.165, 1.54) is 35.5 Å². The third kappa shape index (κ3) is 2.73. The molecular formula is C13H11BrFN3O. The van der Waals surface area contributed by atoms with Crippen molar-refractivity contribution in [1.29, 1.82) is 0 Å². The second-order valence-electron chi connectivity index (χ2n) is 3.92. The van der Waals surface area contributed by atoms with Gasteiger partial charge in [0.05, 0.1) is 23.1 Å². The monoisotopic (exact) mass is 323 g/mol. The SMILES string of the molecule is CN(C(=O)c1cc(F)ccc1Br)c1ccncc1N. The fourth-order valence-corrected chi connectivity index (χ4v) is 2.07. The fraction of sp³-hybridized carbons (Fsp3) is 0.0769. The minimum absolute atomic E-state index is 0.235. The molecule has 2 rings (SSSR count). The molecule has 0 atom stereocenters. The summed E-state index contributed by atoms with van der Waals surface area (Å²) in [6.07, 6.45) is 3.00. The molecule has 2 aromatic rings. The van der Waals surface area contributed by atoms with Crippen LogP contribution in [0, 0.1) is 5.82 Å². The minimum Gasteiger partial charge on any atom is -0.396 e. The lowest BCUT2D eigenvalue weighted by molar-refractivity contribution is 0.0992. The quantitative estimate of drug-likeness (QED) is 0.924. The number of amides is 1. The van der Waals surface area contributed by atoms with Crippen LogP contribution in [0.3, 0.4) is 0 Å². The molecule has 1 aromatic carbocycles. The van der Waals surface area contributed by atoms with Crippen LogP contribution in [-0.2, 0) is 0 Å². The van der Waals surface area contributed by atoms with Crippen LogP contribution in [0.5, 0.6) is 0 Å². The molecule has 1 heterocycles. The highest BCUT2D eigenvalue weighted by Crippen LogP contribution is 2.25. The molecule has 0 aliphatic carbocycles. The molecule has 0 aliphatic heterocycles. The molecule has 6 heteroatoms. The summed E-state index contributed by atoms with van der Waals surface area (Å²) >= 11 is 3.23. The molecule has 0 aliphatic rings. The van der Waals surface area contributed by atoms with Gasteiger partial charge in [0.1, 0.15) is 5.82 Å². The Morgan fingerprint density at radius 1 is 1.42 bits per heavy atom. The van der Waals surface area contributed by atoms with Gasteiger partial charge in [-0.05, 0) is 40.2 Å². The lowest BCUT2D eigenvalue weighted by Crippen LogP contribution is -2.27. The Balaban J connectivity index is 2.39. The third-order valence-electron chi connectivity index (χ3n) is 2.65. The van der Waals surface area contributed by atoms with Crippen molar-refractivity contribution in [1.82, 2.24) is 4.98 Å². The number of halogens is 2. The van der Waals surface area contributed by atoms with Gasteiger partial charge in [-0.15, -0.1) is 0 Å². The van der Waals surface area contributed by atoms with Gasteiger partial charge in [0, 0.05) is 17.7 Å². The van der Waals surface area contributed by atoms with Crippen LogP contribution in [0.1, 0.15) is 10.4 Å². The van der Waals surface area contributed by atoms with Gasteiger partial charge in [-0.25, -0.2) is 4.39 Å². The van der Waals surface area contributed by atoms with Gasteiger partial charge in [-0.1, -0.05) is 0 Å². The average molecular weight is 324 g/mol. The van der Waals surface area contributed by atoms with Gasteiger partial charge in [0.25, 0.3) is 5.91 Å². The van der Waals surface area contributed by atoms with Crippen LogP contribution in [0.25, 0.3) is 0 Å². The number of hydrogen-bond acceptors (Lipinski definition) is 3. The van der Waals surface area contributed by atoms with Gasteiger partial charge < -0.3 is 10.6 Å². The first-order valence-electron chi connectivity index (χ1n) is 5.43. The van der Waals surface area contributed by atoms with E-state index in [0.717, 1.165) is 0 Å². The predicted molar refractivity (Wildman–Crippen MR) is 75.5 cm³/mol. The Kier molecular flexibility index (Phi) is 3.80. The van der Waals surface area contributed by atoms with Crippen molar-refractivity contribution in [3.63, 3.8) is 0 Å². The molecule has 98 valence electrons. The van der Waals surface area contributed by atoms with Crippen molar-refractivity contribution in [3.8, 4) is 0 Å². The van der Waals surface area contributed by atoms with E-state index in [1.807, 2.05) is 0 Å². The molecule has 0 fully saturated rings. The van der Waals surface area contributed by atoms with Crippen molar-refractivity contribution in [2.75, 3.05) is 17.7 Å². The zero-order valence-electron chi connectivity index (χ0n) is 10.1. The smallest absolute Gasteiger partial charge is 0.259 e. The summed E-state index contributed by atoms with van der Waals surface area (Å²) in [7, 11) is 1.57. The largest absolute Gasteiger partial charge is 0.396 e. The zero-order valence-corrected chi connectivity index (χ0v) is 11.7. The lowest BCUT2D eigenvalue weighted by atomic mass is 10.2. The minimum atomic E-state index is -0.470. The number of anilines is 2. The van der Waals surface area contributed by atoms with E-state index in [-0.39, 0.29) is 11.5 Å². The van der Waals surface area contributed by atoms with E-state index in [9.17, 15) is 9.18 Å². The highest BCUT2D eigenvalue weighted by atomic mass is 79.9. The number of nitrogen functional groups attached to an aromatic ring is 1. The summed E-state index contributed by atoms with van der Waals surface area (Å²) in [6, 6.07) is 5.58. The Morgan fingerprint density at radius 2 is 2.16 bits per heavy atom. The van der Waals surface area contributed by atoms with Crippen molar-refractivity contribution in [3.05, 3.63) is 52.5 Å². The normalized spacial score (nSPS) is 10.3. The first kappa shape index (κ1) is 13.5. The van der Waals surface area contributed by atoms with Crippen molar-refractivity contribution in [2.45, 2.75) is 0 Å². The summed E-state index contributed by atoms with van der Waals surface area (Å²) < 4.78 is 13.8. The standard InChI is InChI=1S/C13H11BrFN3O/c1-18(12-4-5-17-7-11(12)16)13(19)9-6-8(15)2-3-10(9)14/h2-7H,16H2,1H3. The maximum Gasteiger partial charge on any atom is 0.259 e. The van der Waals surface area contributed by atoms with E-state index < -0.39 is 5.82 Å². The predicted octanol–water partition coefficient (Wildman–Crippen LogP) is 2.84. The third-order valence-corrected chi connectivity index (χ3v) is 3.34. The fourth-order valence-electron chi connectivity index (χ4n) is 1.66. The molecule has 1 aromatic heterocycles. The molecule has 4 nitrogen and oxygen atoms in total. The summed E-state index contributed by atoms with van der Waals surface area (Å²) in [6.45, 7) is 0. The van der Waals surface area contributed by atoms with E-state index in [1.54, 1.807) is 13.1 Å². The molecule has 0 spiro atoms. The first-order chi connectivity index (χ1) is 9.00. The van der Waals surface area contributed by atoms with Crippen molar-refractivity contribution >= 4 is 33.2 Å². The molecule has 0 saturated heterocycles. The number of carbonyl (C=O) groups excluding carboxylic acids is 1. The molecule has 0 unspecified atom stereocenters. The number of nitrogens with zero attached hydrogens (tertiary/aromatic N) is 2. The zero-order chi connectivity index (χ0) is 14.0. The van der Waals surface area contributed by atoms with E-state index in [4.69, 9.17) is 5.73 Å². The molecular weight excluding hydrogens is 313 g/mol. The Bertz CT molecular complexity index is 633. The number of aromatic nitrogens is 1. The van der Waals surface area contributed by atoms with Gasteiger partial charge in [-0.3, -0.25) is 9.78 Å². The molecule has 0 saturated carbocycles. The maximum atomic E-state index is 13.2. The molecule has 0 bridgehead atoms. The van der Waals surface area contributed by atoms with Crippen LogP contribution >= 0.6 is 15.9 Å². The molecule has 2 N–H and O–H groups in total. The molecule has 19 heavy (non-hydrogen) atoms. The van der Waals surface area contributed by atoms with Crippen LogP contribution in [0.4, 0.5) is 15.8 Å². The molecule has 0 radical (unpaired) electrons. The van der Waals surface area contributed by atoms with Gasteiger partial charge in [0.15, 0.2) is 0 Å². The number of carbonyl (C=O) groups is 1. The number of pyridine rings is 1. The first-order valence-corrected chi connectivity index (χ1v) is 6.22. The second kappa shape index (κ2) is 5.36. The van der Waals surface area contributed by atoms with Gasteiger partial charge in [-0.2, -0.15) is 0 Å². The molecule has 1 amide bonds. The van der Waals surface area contributed by atoms with Gasteiger partial charge >= 0.3 is 0 Å². The number of rotatable bonds is 2. The maximum absolute atomic E-state index is 13.2. The van der Waals surface area contributed by atoms with Gasteiger partial charge in [0.2, 0.25) is 0 Å². The highest BCUT2D eigenvalue weighted by molar-refractivity contribution is 9.10. The van der Waals surface area contributed by atoms with Crippen molar-refractivity contribution in [2.24, 2.45) is 0 Å². The second-order valence-corrected chi connectivity index (χ2v) is 4.78. The summed E-state index contributed by atoms with van der Waals surface area (Å²) in [4.78, 5) is 17.5. The Labute approximate surface area is 118 Å². The van der Waals surface area contributed by atoms with E-state index >= 15 is 0 Å². The lowest BCUT2D eigenvalue weighted by Gasteiger charge is -2.19. The summed E-state index contributed by atoms with van der Waals surface area (Å²) in [5.74, 6) is -0.827. The van der Waals surface area contributed by atoms with Crippen molar-refractivity contribution < 1.29 is 9.18 Å². The van der Waals surface area contributed by atoms with Crippen LogP contribution in [0.15, 0.2) is 41.1 Å². The highest BCUT2D eigenvalue weighted by Gasteiger charge is 2.18. The summed E-state index contributed by atoms with van der Waals surface area (Å²) in [5, 5.41) is 0. The summed E-state index contributed by atoms with van der Waals surface area (Å²) in [5.41, 5.74) is 6.90. The Morgan fingerprint density at radius 3 is 2.84 bits per heavy atom. The van der Waals surface area contributed by atoms with Crippen LogP contribution < -0.4 is 10.6 Å². The number of hydrogen-bond donors (Lipinski definition) is 1. The average Bonchev–Trinajstić information content (AvgIpc) is 2.40. The Hall–Kier alpha value is -1.95. The van der Waals surface area contributed by atoms with E-state index in [0.29, 0.717) is 15.8 Å².